The summed E-state index contributed by atoms with van der Waals surface area (Å²) in [5.41, 5.74) is 2.97. The Morgan fingerprint density at radius 1 is 1.75 bits per heavy atom. The molecule has 2 rings (SSSR count). The van der Waals surface area contributed by atoms with Gasteiger partial charge in [-0.1, -0.05) is 0 Å². The summed E-state index contributed by atoms with van der Waals surface area (Å²) in [7, 11) is 0. The van der Waals surface area contributed by atoms with E-state index in [0.717, 1.165) is 6.42 Å². The largest absolute Gasteiger partial charge is 0.465 e. The lowest BCUT2D eigenvalue weighted by atomic mass is 9.95. The van der Waals surface area contributed by atoms with E-state index in [1.807, 2.05) is 0 Å². The number of amides is 1. The van der Waals surface area contributed by atoms with E-state index >= 15 is 0 Å². The van der Waals surface area contributed by atoms with Crippen molar-refractivity contribution in [2.24, 2.45) is 11.0 Å². The summed E-state index contributed by atoms with van der Waals surface area (Å²) in [6, 6.07) is 0.362. The van der Waals surface area contributed by atoms with Crippen LogP contribution in [0.1, 0.15) is 6.42 Å². The van der Waals surface area contributed by atoms with Crippen LogP contribution in [0.15, 0.2) is 5.10 Å². The minimum atomic E-state index is -0.825. The smallest absolute Gasteiger partial charge is 0.407 e. The Kier molecular flexibility index (Phi) is 1.64. The van der Waals surface area contributed by atoms with Crippen molar-refractivity contribution in [3.63, 3.8) is 0 Å². The summed E-state index contributed by atoms with van der Waals surface area (Å²) in [5, 5.41) is 12.6. The van der Waals surface area contributed by atoms with E-state index < -0.39 is 6.09 Å². The quantitative estimate of drug-likeness (QED) is 0.534. The van der Waals surface area contributed by atoms with E-state index in [0.29, 0.717) is 19.1 Å². The molecule has 0 aromatic heterocycles. The van der Waals surface area contributed by atoms with Gasteiger partial charge in [0.05, 0.1) is 6.04 Å². The van der Waals surface area contributed by atoms with Gasteiger partial charge in [-0.05, 0) is 6.42 Å². The molecule has 0 spiro atoms. The highest BCUT2D eigenvalue weighted by atomic mass is 16.4. The molecule has 2 heterocycles. The number of carbonyl (C=O) groups is 1. The van der Waals surface area contributed by atoms with Crippen molar-refractivity contribution in [2.45, 2.75) is 12.5 Å². The second-order valence-electron chi connectivity index (χ2n) is 3.19. The maximum absolute atomic E-state index is 10.6. The lowest BCUT2D eigenvalue weighted by Crippen LogP contribution is -2.47. The van der Waals surface area contributed by atoms with Crippen LogP contribution in [0.3, 0.4) is 0 Å². The summed E-state index contributed by atoms with van der Waals surface area (Å²) >= 11 is 0. The van der Waals surface area contributed by atoms with Crippen LogP contribution < -0.4 is 5.43 Å². The Hall–Kier alpha value is -1.26. The van der Waals surface area contributed by atoms with Gasteiger partial charge in [-0.3, -0.25) is 0 Å². The van der Waals surface area contributed by atoms with Crippen LogP contribution in [0, 0.1) is 5.92 Å². The van der Waals surface area contributed by atoms with Crippen molar-refractivity contribution in [1.82, 2.24) is 10.3 Å². The summed E-state index contributed by atoms with van der Waals surface area (Å²) < 4.78 is 0. The molecule has 5 nitrogen and oxygen atoms in total. The molecule has 0 saturated carbocycles. The van der Waals surface area contributed by atoms with Crippen molar-refractivity contribution in [3.05, 3.63) is 0 Å². The standard InChI is InChI=1S/C7H11N3O2/c11-7(12)10-2-1-6-5(4-10)3-8-9-6/h3,5-6,9H,1-2,4H2,(H,11,12). The van der Waals surface area contributed by atoms with E-state index in [2.05, 4.69) is 10.5 Å². The average Bonchev–Trinajstić information content (AvgIpc) is 2.49. The van der Waals surface area contributed by atoms with Gasteiger partial charge in [0.25, 0.3) is 0 Å². The third-order valence-corrected chi connectivity index (χ3v) is 2.43. The number of likely N-dealkylation sites (tertiary alicyclic amines) is 1. The van der Waals surface area contributed by atoms with E-state index in [1.54, 1.807) is 6.21 Å². The first-order valence-electron chi connectivity index (χ1n) is 4.04. The molecule has 0 aromatic carbocycles. The van der Waals surface area contributed by atoms with Crippen LogP contribution in [0.25, 0.3) is 0 Å². The lowest BCUT2D eigenvalue weighted by Gasteiger charge is -2.31. The fourth-order valence-electron chi connectivity index (χ4n) is 1.70. The van der Waals surface area contributed by atoms with Crippen molar-refractivity contribution in [2.75, 3.05) is 13.1 Å². The summed E-state index contributed by atoms with van der Waals surface area (Å²) in [6.07, 6.45) is 1.84. The monoisotopic (exact) mass is 169 g/mol. The number of rotatable bonds is 0. The van der Waals surface area contributed by atoms with Crippen LogP contribution in [0.4, 0.5) is 4.79 Å². The molecule has 5 heteroatoms. The maximum atomic E-state index is 10.6. The summed E-state index contributed by atoms with van der Waals surface area (Å²) in [4.78, 5) is 12.0. The van der Waals surface area contributed by atoms with E-state index in [-0.39, 0.29) is 5.92 Å². The highest BCUT2D eigenvalue weighted by molar-refractivity contribution is 5.69. The lowest BCUT2D eigenvalue weighted by molar-refractivity contribution is 0.123. The predicted molar refractivity (Wildman–Crippen MR) is 43.1 cm³/mol. The Morgan fingerprint density at radius 2 is 2.58 bits per heavy atom. The average molecular weight is 169 g/mol. The van der Waals surface area contributed by atoms with Gasteiger partial charge >= 0.3 is 6.09 Å². The molecule has 1 fully saturated rings. The molecule has 0 aromatic rings. The molecule has 0 bridgehead atoms. The molecule has 0 aliphatic carbocycles. The van der Waals surface area contributed by atoms with Gasteiger partial charge in [-0.25, -0.2) is 4.79 Å². The number of nitrogens with one attached hydrogen (secondary N) is 1. The number of hydrogen-bond donors (Lipinski definition) is 2. The molecule has 1 saturated heterocycles. The Labute approximate surface area is 70.0 Å². The third kappa shape index (κ3) is 1.11. The number of hydrogen-bond acceptors (Lipinski definition) is 3. The number of carboxylic acid groups (broad SMARTS) is 1. The Balaban J connectivity index is 2.00. The van der Waals surface area contributed by atoms with Crippen LogP contribution >= 0.6 is 0 Å². The third-order valence-electron chi connectivity index (χ3n) is 2.43. The molecule has 2 unspecified atom stereocenters. The molecule has 66 valence electrons. The fraction of sp³-hybridized carbons (Fsp3) is 0.714. The Morgan fingerprint density at radius 3 is 3.33 bits per heavy atom. The van der Waals surface area contributed by atoms with Crippen LogP contribution in [-0.4, -0.2) is 41.4 Å². The van der Waals surface area contributed by atoms with E-state index in [4.69, 9.17) is 5.11 Å². The van der Waals surface area contributed by atoms with Gasteiger partial charge in [0.15, 0.2) is 0 Å². The zero-order valence-electron chi connectivity index (χ0n) is 6.60. The minimum absolute atomic E-state index is 0.273. The van der Waals surface area contributed by atoms with E-state index in [9.17, 15) is 4.79 Å². The highest BCUT2D eigenvalue weighted by Crippen LogP contribution is 2.18. The molecule has 0 radical (unpaired) electrons. The van der Waals surface area contributed by atoms with Crippen LogP contribution in [0.5, 0.6) is 0 Å². The molecular formula is C7H11N3O2. The number of nitrogens with zero attached hydrogens (tertiary/aromatic N) is 2. The van der Waals surface area contributed by atoms with Crippen molar-refractivity contribution in [1.29, 1.82) is 0 Å². The van der Waals surface area contributed by atoms with Gasteiger partial charge in [-0.15, -0.1) is 0 Å². The van der Waals surface area contributed by atoms with Crippen LogP contribution in [-0.2, 0) is 0 Å². The van der Waals surface area contributed by atoms with Gasteiger partial charge in [0.2, 0.25) is 0 Å². The summed E-state index contributed by atoms with van der Waals surface area (Å²) in [5.74, 6) is 0.273. The molecule has 2 aliphatic heterocycles. The van der Waals surface area contributed by atoms with Gasteiger partial charge in [0.1, 0.15) is 0 Å². The van der Waals surface area contributed by atoms with Crippen molar-refractivity contribution in [3.8, 4) is 0 Å². The van der Waals surface area contributed by atoms with Gasteiger partial charge < -0.3 is 15.4 Å². The molecule has 2 atom stereocenters. The Bertz CT molecular complexity index is 229. The fourth-order valence-corrected chi connectivity index (χ4v) is 1.70. The molecule has 2 aliphatic rings. The SMILES string of the molecule is O=C(O)N1CCC2NN=CC2C1. The van der Waals surface area contributed by atoms with Crippen LogP contribution in [0.2, 0.25) is 0 Å². The first-order chi connectivity index (χ1) is 5.77. The van der Waals surface area contributed by atoms with Crippen molar-refractivity contribution >= 4 is 12.3 Å². The minimum Gasteiger partial charge on any atom is -0.465 e. The van der Waals surface area contributed by atoms with E-state index in [1.165, 1.54) is 4.90 Å². The maximum Gasteiger partial charge on any atom is 0.407 e. The van der Waals surface area contributed by atoms with Gasteiger partial charge in [0, 0.05) is 25.2 Å². The normalized spacial score (nSPS) is 32.8. The first-order valence-corrected chi connectivity index (χ1v) is 4.04. The van der Waals surface area contributed by atoms with Crippen molar-refractivity contribution < 1.29 is 9.90 Å². The number of fused-ring (bicyclic) bond motifs is 1. The molecular weight excluding hydrogens is 158 g/mol. The second-order valence-corrected chi connectivity index (χ2v) is 3.19. The number of piperidine rings is 1. The highest BCUT2D eigenvalue weighted by Gasteiger charge is 2.32. The predicted octanol–water partition coefficient (Wildman–Crippen LogP) is -0.0561. The zero-order valence-corrected chi connectivity index (χ0v) is 6.60. The van der Waals surface area contributed by atoms with Gasteiger partial charge in [-0.2, -0.15) is 5.10 Å². The molecule has 2 N–H and O–H groups in total. The molecule has 1 amide bonds. The summed E-state index contributed by atoms with van der Waals surface area (Å²) in [6.45, 7) is 1.20. The topological polar surface area (TPSA) is 64.9 Å². The molecule has 12 heavy (non-hydrogen) atoms. The number of hydrazone groups is 1. The second kappa shape index (κ2) is 2.66. The zero-order chi connectivity index (χ0) is 8.55. The first kappa shape index (κ1) is 7.39.